The van der Waals surface area contributed by atoms with E-state index in [0.29, 0.717) is 30.6 Å². The molecule has 8 heteroatoms. The molecule has 0 aliphatic carbocycles. The molecule has 0 saturated heterocycles. The van der Waals surface area contributed by atoms with Crippen molar-refractivity contribution in [2.24, 2.45) is 4.99 Å². The molecule has 144 valence electrons. The summed E-state index contributed by atoms with van der Waals surface area (Å²) < 4.78 is 17.5. The Hall–Kier alpha value is -1.39. The maximum Gasteiger partial charge on any atom is 0.191 e. The third-order valence-electron chi connectivity index (χ3n) is 3.53. The minimum Gasteiger partial charge on any atom is -0.466 e. The summed E-state index contributed by atoms with van der Waals surface area (Å²) in [5.74, 6) is 1.51. The quantitative estimate of drug-likeness (QED) is 0.300. The van der Waals surface area contributed by atoms with Crippen LogP contribution in [-0.2, 0) is 16.4 Å². The number of aliphatic imine (C=N–C) groups is 1. The van der Waals surface area contributed by atoms with E-state index in [-0.39, 0.29) is 30.5 Å². The zero-order valence-corrected chi connectivity index (χ0v) is 18.1. The number of furan rings is 1. The van der Waals surface area contributed by atoms with E-state index in [9.17, 15) is 9.32 Å². The van der Waals surface area contributed by atoms with E-state index < -0.39 is 16.4 Å². The van der Waals surface area contributed by atoms with Gasteiger partial charge in [-0.2, -0.15) is 0 Å². The van der Waals surface area contributed by atoms with Gasteiger partial charge >= 0.3 is 0 Å². The molecule has 3 N–H and O–H groups in total. The minimum atomic E-state index is -1.18. The summed E-state index contributed by atoms with van der Waals surface area (Å²) in [7, 11) is -1.06. The third kappa shape index (κ3) is 7.08. The van der Waals surface area contributed by atoms with Crippen molar-refractivity contribution in [3.63, 3.8) is 0 Å². The van der Waals surface area contributed by atoms with Crippen LogP contribution in [0.4, 0.5) is 0 Å². The molecule has 2 atom stereocenters. The highest BCUT2D eigenvalue weighted by atomic mass is 127. The highest BCUT2D eigenvalue weighted by Gasteiger charge is 2.26. The van der Waals surface area contributed by atoms with Gasteiger partial charge in [-0.15, -0.1) is 24.0 Å². The maximum absolute atomic E-state index is 12.2. The molecule has 0 spiro atoms. The molecule has 6 nitrogen and oxygen atoms in total. The van der Waals surface area contributed by atoms with Crippen LogP contribution in [0.3, 0.4) is 0 Å². The first-order valence-corrected chi connectivity index (χ1v) is 9.57. The van der Waals surface area contributed by atoms with Gasteiger partial charge in [-0.25, -0.2) is 4.99 Å². The van der Waals surface area contributed by atoms with Crippen molar-refractivity contribution in [2.75, 3.05) is 25.4 Å². The first-order chi connectivity index (χ1) is 12.0. The fraction of sp³-hybridized carbons (Fsp3) is 0.389. The summed E-state index contributed by atoms with van der Waals surface area (Å²) in [6.45, 7) is 4.97. The topological polar surface area (TPSA) is 86.9 Å². The lowest BCUT2D eigenvalue weighted by molar-refractivity contribution is 0.0437. The average Bonchev–Trinajstić information content (AvgIpc) is 3.16. The van der Waals surface area contributed by atoms with E-state index in [1.165, 1.54) is 6.26 Å². The van der Waals surface area contributed by atoms with E-state index in [2.05, 4.69) is 15.6 Å². The zero-order valence-electron chi connectivity index (χ0n) is 15.0. The summed E-state index contributed by atoms with van der Waals surface area (Å²) in [6, 6.07) is 12.8. The Morgan fingerprint density at radius 2 is 1.96 bits per heavy atom. The third-order valence-corrected chi connectivity index (χ3v) is 4.90. The van der Waals surface area contributed by atoms with Crippen LogP contribution < -0.4 is 10.6 Å². The van der Waals surface area contributed by atoms with Gasteiger partial charge in [0, 0.05) is 23.7 Å². The first kappa shape index (κ1) is 22.7. The van der Waals surface area contributed by atoms with E-state index >= 15 is 0 Å². The van der Waals surface area contributed by atoms with Crippen LogP contribution in [0.1, 0.15) is 19.6 Å². The number of benzene rings is 1. The molecule has 0 bridgehead atoms. The van der Waals surface area contributed by atoms with Gasteiger partial charge in [0.25, 0.3) is 0 Å². The molecule has 1 heterocycles. The van der Waals surface area contributed by atoms with Crippen molar-refractivity contribution in [3.05, 3.63) is 54.5 Å². The number of nitrogens with zero attached hydrogens (tertiary/aromatic N) is 1. The second-order valence-electron chi connectivity index (χ2n) is 5.74. The second kappa shape index (κ2) is 11.3. The SMILES string of the molecule is CCNC(=NCC(C)(O)c1ccco1)NCCS(=O)c1ccccc1.I. The molecule has 0 fully saturated rings. The summed E-state index contributed by atoms with van der Waals surface area (Å²) in [5.41, 5.74) is -1.18. The smallest absolute Gasteiger partial charge is 0.191 e. The van der Waals surface area contributed by atoms with Gasteiger partial charge in [-0.1, -0.05) is 18.2 Å². The predicted molar refractivity (Wildman–Crippen MR) is 115 cm³/mol. The van der Waals surface area contributed by atoms with Crippen molar-refractivity contribution in [1.29, 1.82) is 0 Å². The molecule has 2 unspecified atom stereocenters. The normalized spacial score (nSPS) is 14.8. The van der Waals surface area contributed by atoms with Crippen LogP contribution in [0, 0.1) is 0 Å². The van der Waals surface area contributed by atoms with E-state index in [4.69, 9.17) is 4.42 Å². The van der Waals surface area contributed by atoms with Gasteiger partial charge in [0.2, 0.25) is 0 Å². The fourth-order valence-corrected chi connectivity index (χ4v) is 3.17. The van der Waals surface area contributed by atoms with Crippen molar-refractivity contribution in [2.45, 2.75) is 24.3 Å². The average molecular weight is 491 g/mol. The highest BCUT2D eigenvalue weighted by molar-refractivity contribution is 14.0. The molecule has 1 aromatic carbocycles. The Kier molecular flexibility index (Phi) is 9.89. The van der Waals surface area contributed by atoms with Crippen molar-refractivity contribution in [3.8, 4) is 0 Å². The lowest BCUT2D eigenvalue weighted by Gasteiger charge is -2.19. The van der Waals surface area contributed by atoms with Crippen LogP contribution in [-0.4, -0.2) is 40.7 Å². The lowest BCUT2D eigenvalue weighted by atomic mass is 10.0. The Balaban J connectivity index is 0.00000338. The lowest BCUT2D eigenvalue weighted by Crippen LogP contribution is -2.40. The minimum absolute atomic E-state index is 0. The molecule has 0 aliphatic rings. The molecule has 26 heavy (non-hydrogen) atoms. The number of rotatable bonds is 8. The largest absolute Gasteiger partial charge is 0.466 e. The maximum atomic E-state index is 12.2. The van der Waals surface area contributed by atoms with Crippen LogP contribution >= 0.6 is 24.0 Å². The van der Waals surface area contributed by atoms with Crippen LogP contribution in [0.5, 0.6) is 0 Å². The summed E-state index contributed by atoms with van der Waals surface area (Å²) in [4.78, 5) is 5.21. The summed E-state index contributed by atoms with van der Waals surface area (Å²) in [6.07, 6.45) is 1.52. The molecule has 2 aromatic rings. The van der Waals surface area contributed by atoms with E-state index in [1.807, 2.05) is 37.3 Å². The van der Waals surface area contributed by atoms with Crippen molar-refractivity contribution in [1.82, 2.24) is 10.6 Å². The van der Waals surface area contributed by atoms with Gasteiger partial charge in [0.15, 0.2) is 5.96 Å². The zero-order chi connectivity index (χ0) is 18.1. The molecule has 0 amide bonds. The van der Waals surface area contributed by atoms with Gasteiger partial charge < -0.3 is 20.2 Å². The number of guanidine groups is 1. The number of hydrogen-bond donors (Lipinski definition) is 3. The van der Waals surface area contributed by atoms with Crippen LogP contribution in [0.15, 0.2) is 63.0 Å². The monoisotopic (exact) mass is 491 g/mol. The van der Waals surface area contributed by atoms with Crippen LogP contribution in [0.25, 0.3) is 0 Å². The Bertz CT molecular complexity index is 691. The Labute approximate surface area is 174 Å². The van der Waals surface area contributed by atoms with Gasteiger partial charge in [0.1, 0.15) is 11.4 Å². The standard InChI is InChI=1S/C18H25N3O3S.HI/c1-3-19-17(21-14-18(2,22)16-10-7-12-24-16)20-11-13-25(23)15-8-5-4-6-9-15;/h4-10,12,22H,3,11,13-14H2,1-2H3,(H2,19,20,21);1H. The summed E-state index contributed by atoms with van der Waals surface area (Å²) >= 11 is 0. The van der Waals surface area contributed by atoms with Gasteiger partial charge in [0.05, 0.1) is 23.6 Å². The summed E-state index contributed by atoms with van der Waals surface area (Å²) in [5, 5.41) is 16.7. The number of nitrogens with one attached hydrogen (secondary N) is 2. The van der Waals surface area contributed by atoms with Gasteiger partial charge in [-0.3, -0.25) is 4.21 Å². The molecular formula is C18H26IN3O3S. The number of halogens is 1. The van der Waals surface area contributed by atoms with Crippen molar-refractivity contribution < 1.29 is 13.7 Å². The molecular weight excluding hydrogens is 465 g/mol. The van der Waals surface area contributed by atoms with Crippen LogP contribution in [0.2, 0.25) is 0 Å². The van der Waals surface area contributed by atoms with Gasteiger partial charge in [-0.05, 0) is 38.1 Å². The Morgan fingerprint density at radius 1 is 1.23 bits per heavy atom. The molecule has 1 aromatic heterocycles. The molecule has 0 radical (unpaired) electrons. The van der Waals surface area contributed by atoms with E-state index in [1.54, 1.807) is 19.1 Å². The second-order valence-corrected chi connectivity index (χ2v) is 7.31. The number of aliphatic hydroxyl groups is 1. The Morgan fingerprint density at radius 3 is 2.58 bits per heavy atom. The predicted octanol–water partition coefficient (Wildman–Crippen LogP) is 2.47. The van der Waals surface area contributed by atoms with E-state index in [0.717, 1.165) is 4.90 Å². The highest BCUT2D eigenvalue weighted by Crippen LogP contribution is 2.20. The molecule has 2 rings (SSSR count). The van der Waals surface area contributed by atoms with Crippen molar-refractivity contribution >= 4 is 40.7 Å². The molecule has 0 saturated carbocycles. The number of hydrogen-bond acceptors (Lipinski definition) is 4. The fourth-order valence-electron chi connectivity index (χ4n) is 2.19. The first-order valence-electron chi connectivity index (χ1n) is 8.25. The molecule has 0 aliphatic heterocycles.